The summed E-state index contributed by atoms with van der Waals surface area (Å²) in [6.07, 6.45) is 2.52. The zero-order valence-electron chi connectivity index (χ0n) is 9.28. The SMILES string of the molecule is OC(Cc1cc(Cl)ccc1F)c1cncc(Br)c1. The topological polar surface area (TPSA) is 33.1 Å². The van der Waals surface area contributed by atoms with Crippen LogP contribution in [0, 0.1) is 5.82 Å². The van der Waals surface area contributed by atoms with Crippen LogP contribution in [0.15, 0.2) is 41.1 Å². The number of aliphatic hydroxyl groups is 1. The van der Waals surface area contributed by atoms with Gasteiger partial charge in [0, 0.05) is 33.9 Å². The van der Waals surface area contributed by atoms with Crippen molar-refractivity contribution in [3.8, 4) is 0 Å². The van der Waals surface area contributed by atoms with Gasteiger partial charge in [0.2, 0.25) is 0 Å². The second-order valence-corrected chi connectivity index (χ2v) is 5.24. The Bertz CT molecular complexity index is 564. The lowest BCUT2D eigenvalue weighted by Crippen LogP contribution is -2.04. The summed E-state index contributed by atoms with van der Waals surface area (Å²) in [6.45, 7) is 0. The molecule has 94 valence electrons. The molecule has 1 aromatic heterocycles. The molecule has 0 aliphatic carbocycles. The Kier molecular flexibility index (Phi) is 4.32. The Balaban J connectivity index is 2.21. The van der Waals surface area contributed by atoms with E-state index in [0.717, 1.165) is 4.47 Å². The van der Waals surface area contributed by atoms with Crippen LogP contribution >= 0.6 is 27.5 Å². The molecule has 0 saturated heterocycles. The third-order valence-electron chi connectivity index (χ3n) is 2.53. The predicted molar refractivity (Wildman–Crippen MR) is 72.0 cm³/mol. The van der Waals surface area contributed by atoms with Crippen molar-refractivity contribution in [1.29, 1.82) is 0 Å². The fourth-order valence-electron chi connectivity index (χ4n) is 1.64. The van der Waals surface area contributed by atoms with Gasteiger partial charge in [0.15, 0.2) is 0 Å². The van der Waals surface area contributed by atoms with Crippen LogP contribution in [0.3, 0.4) is 0 Å². The summed E-state index contributed by atoms with van der Waals surface area (Å²) in [5.41, 5.74) is 1.01. The minimum Gasteiger partial charge on any atom is -0.388 e. The van der Waals surface area contributed by atoms with Crippen molar-refractivity contribution in [2.75, 3.05) is 0 Å². The normalized spacial score (nSPS) is 12.4. The van der Waals surface area contributed by atoms with Crippen LogP contribution in [-0.2, 0) is 6.42 Å². The smallest absolute Gasteiger partial charge is 0.126 e. The van der Waals surface area contributed by atoms with Crippen molar-refractivity contribution >= 4 is 27.5 Å². The highest BCUT2D eigenvalue weighted by atomic mass is 79.9. The van der Waals surface area contributed by atoms with Gasteiger partial charge in [-0.25, -0.2) is 4.39 Å². The van der Waals surface area contributed by atoms with Crippen molar-refractivity contribution in [2.24, 2.45) is 0 Å². The van der Waals surface area contributed by atoms with Gasteiger partial charge in [-0.1, -0.05) is 11.6 Å². The van der Waals surface area contributed by atoms with Gasteiger partial charge in [0.25, 0.3) is 0 Å². The fourth-order valence-corrected chi connectivity index (χ4v) is 2.21. The third kappa shape index (κ3) is 3.28. The van der Waals surface area contributed by atoms with Crippen LogP contribution < -0.4 is 0 Å². The fraction of sp³-hybridized carbons (Fsp3) is 0.154. The molecule has 1 atom stereocenters. The lowest BCUT2D eigenvalue weighted by Gasteiger charge is -2.12. The molecular formula is C13H10BrClFNO. The molecule has 0 aliphatic rings. The van der Waals surface area contributed by atoms with Crippen LogP contribution in [0.5, 0.6) is 0 Å². The minimum absolute atomic E-state index is 0.157. The first-order valence-corrected chi connectivity index (χ1v) is 6.46. The van der Waals surface area contributed by atoms with Gasteiger partial charge in [-0.3, -0.25) is 4.98 Å². The molecule has 18 heavy (non-hydrogen) atoms. The summed E-state index contributed by atoms with van der Waals surface area (Å²) in [5.74, 6) is -0.374. The third-order valence-corrected chi connectivity index (χ3v) is 3.20. The van der Waals surface area contributed by atoms with E-state index in [2.05, 4.69) is 20.9 Å². The standard InChI is InChI=1S/C13H10BrClFNO/c14-10-3-9(6-17-7-10)13(18)5-8-4-11(15)1-2-12(8)16/h1-4,6-7,13,18H,5H2. The van der Waals surface area contributed by atoms with Crippen molar-refractivity contribution in [3.05, 3.63) is 63.1 Å². The van der Waals surface area contributed by atoms with Crippen LogP contribution in [0.4, 0.5) is 4.39 Å². The van der Waals surface area contributed by atoms with Crippen LogP contribution in [0.2, 0.25) is 5.02 Å². The predicted octanol–water partition coefficient (Wildman–Crippen LogP) is 3.91. The number of pyridine rings is 1. The number of hydrogen-bond acceptors (Lipinski definition) is 2. The summed E-state index contributed by atoms with van der Waals surface area (Å²) in [6, 6.07) is 6.04. The van der Waals surface area contributed by atoms with Gasteiger partial charge in [0.05, 0.1) is 6.10 Å². The largest absolute Gasteiger partial charge is 0.388 e. The van der Waals surface area contributed by atoms with Gasteiger partial charge < -0.3 is 5.11 Å². The Labute approximate surface area is 118 Å². The number of benzene rings is 1. The molecule has 5 heteroatoms. The zero-order chi connectivity index (χ0) is 13.1. The van der Waals surface area contributed by atoms with Gasteiger partial charge in [0.1, 0.15) is 5.82 Å². The Morgan fingerprint density at radius 1 is 1.33 bits per heavy atom. The van der Waals surface area contributed by atoms with Crippen molar-refractivity contribution < 1.29 is 9.50 Å². The van der Waals surface area contributed by atoms with E-state index in [0.29, 0.717) is 16.1 Å². The molecule has 0 aliphatic heterocycles. The van der Waals surface area contributed by atoms with E-state index < -0.39 is 6.10 Å². The average molecular weight is 331 g/mol. The van der Waals surface area contributed by atoms with E-state index in [9.17, 15) is 9.50 Å². The summed E-state index contributed by atoms with van der Waals surface area (Å²) in [5, 5.41) is 10.5. The number of rotatable bonds is 3. The maximum Gasteiger partial charge on any atom is 0.126 e. The van der Waals surface area contributed by atoms with Crippen molar-refractivity contribution in [2.45, 2.75) is 12.5 Å². The summed E-state index contributed by atoms with van der Waals surface area (Å²) in [4.78, 5) is 3.96. The molecule has 0 bridgehead atoms. The van der Waals surface area contributed by atoms with Gasteiger partial charge in [-0.2, -0.15) is 0 Å². The van der Waals surface area contributed by atoms with Crippen LogP contribution in [0.25, 0.3) is 0 Å². The summed E-state index contributed by atoms with van der Waals surface area (Å²) < 4.78 is 14.3. The molecule has 2 rings (SSSR count). The van der Waals surface area contributed by atoms with E-state index in [1.54, 1.807) is 18.5 Å². The zero-order valence-corrected chi connectivity index (χ0v) is 11.6. The summed E-state index contributed by atoms with van der Waals surface area (Å²) >= 11 is 9.08. The number of aliphatic hydroxyl groups excluding tert-OH is 1. The Morgan fingerprint density at radius 2 is 2.11 bits per heavy atom. The minimum atomic E-state index is -0.817. The molecule has 2 aromatic rings. The molecule has 1 unspecified atom stereocenters. The molecule has 0 saturated carbocycles. The van der Waals surface area contributed by atoms with E-state index >= 15 is 0 Å². The Morgan fingerprint density at radius 3 is 2.83 bits per heavy atom. The second-order valence-electron chi connectivity index (χ2n) is 3.89. The van der Waals surface area contributed by atoms with E-state index in [1.165, 1.54) is 18.2 Å². The monoisotopic (exact) mass is 329 g/mol. The van der Waals surface area contributed by atoms with Crippen LogP contribution in [0.1, 0.15) is 17.2 Å². The first-order valence-electron chi connectivity index (χ1n) is 5.28. The van der Waals surface area contributed by atoms with Crippen LogP contribution in [-0.4, -0.2) is 10.1 Å². The molecule has 2 nitrogen and oxygen atoms in total. The molecule has 0 spiro atoms. The highest BCUT2D eigenvalue weighted by Crippen LogP contribution is 2.23. The van der Waals surface area contributed by atoms with E-state index in [1.807, 2.05) is 0 Å². The first kappa shape index (κ1) is 13.5. The highest BCUT2D eigenvalue weighted by Gasteiger charge is 2.12. The number of nitrogens with zero attached hydrogens (tertiary/aromatic N) is 1. The molecule has 0 fully saturated rings. The van der Waals surface area contributed by atoms with Crippen molar-refractivity contribution in [1.82, 2.24) is 4.98 Å². The second kappa shape index (κ2) is 5.78. The number of aromatic nitrogens is 1. The summed E-state index contributed by atoms with van der Waals surface area (Å²) in [7, 11) is 0. The lowest BCUT2D eigenvalue weighted by atomic mass is 10.0. The maximum absolute atomic E-state index is 13.5. The van der Waals surface area contributed by atoms with Gasteiger partial charge in [-0.15, -0.1) is 0 Å². The first-order chi connectivity index (χ1) is 8.56. The molecule has 1 heterocycles. The average Bonchev–Trinajstić information content (AvgIpc) is 2.34. The number of hydrogen-bond donors (Lipinski definition) is 1. The number of halogens is 3. The molecule has 1 N–H and O–H groups in total. The molecule has 1 aromatic carbocycles. The van der Waals surface area contributed by atoms with E-state index in [4.69, 9.17) is 11.6 Å². The van der Waals surface area contributed by atoms with Gasteiger partial charge >= 0.3 is 0 Å². The highest BCUT2D eigenvalue weighted by molar-refractivity contribution is 9.10. The lowest BCUT2D eigenvalue weighted by molar-refractivity contribution is 0.176. The molecule has 0 radical (unpaired) electrons. The Hall–Kier alpha value is -0.970. The maximum atomic E-state index is 13.5. The molecule has 0 amide bonds. The van der Waals surface area contributed by atoms with Gasteiger partial charge in [-0.05, 0) is 45.8 Å². The quantitative estimate of drug-likeness (QED) is 0.925. The van der Waals surface area contributed by atoms with E-state index in [-0.39, 0.29) is 12.2 Å². The van der Waals surface area contributed by atoms with Crippen molar-refractivity contribution in [3.63, 3.8) is 0 Å². The molecular weight excluding hydrogens is 321 g/mol.